The predicted octanol–water partition coefficient (Wildman–Crippen LogP) is 4.01. The van der Waals surface area contributed by atoms with Crippen LogP contribution in [0.5, 0.6) is 5.75 Å². The molecule has 1 aliphatic heterocycles. The Kier molecular flexibility index (Phi) is 4.85. The molecule has 8 heteroatoms. The van der Waals surface area contributed by atoms with Gasteiger partial charge in [-0.2, -0.15) is 0 Å². The van der Waals surface area contributed by atoms with Gasteiger partial charge in [0.05, 0.1) is 5.69 Å². The van der Waals surface area contributed by atoms with E-state index >= 15 is 0 Å². The van der Waals surface area contributed by atoms with E-state index in [9.17, 15) is 9.59 Å². The molecular weight excluding hydrogens is 375 g/mol. The van der Waals surface area contributed by atoms with E-state index in [0.29, 0.717) is 32.2 Å². The minimum absolute atomic E-state index is 0.134. The highest BCUT2D eigenvalue weighted by Gasteiger charge is 2.27. The van der Waals surface area contributed by atoms with Crippen LogP contribution in [0, 0.1) is 0 Å². The van der Waals surface area contributed by atoms with Gasteiger partial charge in [0.25, 0.3) is 5.91 Å². The number of carbonyl (C=O) groups excluding carboxylic acids is 2. The number of fused-ring (bicyclic) bond motifs is 1. The molecule has 24 heavy (non-hydrogen) atoms. The van der Waals surface area contributed by atoms with Crippen molar-refractivity contribution in [3.63, 3.8) is 0 Å². The molecule has 2 aromatic rings. The van der Waals surface area contributed by atoms with Crippen LogP contribution >= 0.6 is 34.8 Å². The zero-order chi connectivity index (χ0) is 17.3. The Bertz CT molecular complexity index is 806. The van der Waals surface area contributed by atoms with E-state index in [-0.39, 0.29) is 19.1 Å². The summed E-state index contributed by atoms with van der Waals surface area (Å²) in [5.74, 6) is -0.226. The van der Waals surface area contributed by atoms with Gasteiger partial charge in [-0.15, -0.1) is 0 Å². The third-order valence-corrected chi connectivity index (χ3v) is 3.98. The fraction of sp³-hybridized carbons (Fsp3) is 0.125. The molecule has 2 aromatic carbocycles. The number of amides is 2. The second kappa shape index (κ2) is 6.89. The van der Waals surface area contributed by atoms with Gasteiger partial charge in [0.15, 0.2) is 6.61 Å². The molecule has 1 N–H and O–H groups in total. The van der Waals surface area contributed by atoms with Crippen molar-refractivity contribution >= 4 is 58.0 Å². The van der Waals surface area contributed by atoms with Crippen LogP contribution < -0.4 is 15.0 Å². The molecule has 0 aliphatic carbocycles. The molecule has 124 valence electrons. The summed E-state index contributed by atoms with van der Waals surface area (Å²) in [6, 6.07) is 9.59. The summed E-state index contributed by atoms with van der Waals surface area (Å²) in [6.45, 7) is -0.315. The minimum Gasteiger partial charge on any atom is -0.482 e. The molecule has 0 saturated heterocycles. The average molecular weight is 386 g/mol. The Hall–Kier alpha value is -1.95. The van der Waals surface area contributed by atoms with Gasteiger partial charge in [0.2, 0.25) is 5.91 Å². The van der Waals surface area contributed by atoms with Crippen molar-refractivity contribution in [1.29, 1.82) is 0 Å². The number of nitrogens with one attached hydrogen (secondary N) is 1. The number of hydrogen-bond acceptors (Lipinski definition) is 3. The highest BCUT2D eigenvalue weighted by molar-refractivity contribution is 6.35. The van der Waals surface area contributed by atoms with E-state index in [1.54, 1.807) is 36.4 Å². The Balaban J connectivity index is 1.79. The largest absolute Gasteiger partial charge is 0.482 e. The number of carbonyl (C=O) groups is 2. The van der Waals surface area contributed by atoms with Gasteiger partial charge in [0, 0.05) is 20.8 Å². The van der Waals surface area contributed by atoms with Gasteiger partial charge in [-0.3, -0.25) is 14.5 Å². The maximum atomic E-state index is 12.3. The van der Waals surface area contributed by atoms with Crippen molar-refractivity contribution < 1.29 is 14.3 Å². The Morgan fingerprint density at radius 3 is 2.50 bits per heavy atom. The summed E-state index contributed by atoms with van der Waals surface area (Å²) in [4.78, 5) is 25.7. The van der Waals surface area contributed by atoms with Crippen molar-refractivity contribution in [1.82, 2.24) is 0 Å². The van der Waals surface area contributed by atoms with Gasteiger partial charge < -0.3 is 10.1 Å². The number of benzene rings is 2. The maximum absolute atomic E-state index is 12.3. The fourth-order valence-corrected chi connectivity index (χ4v) is 3.01. The molecule has 2 amide bonds. The third-order valence-electron chi connectivity index (χ3n) is 3.31. The lowest BCUT2D eigenvalue weighted by molar-refractivity contribution is -0.123. The highest BCUT2D eigenvalue weighted by Crippen LogP contribution is 2.34. The van der Waals surface area contributed by atoms with Crippen molar-refractivity contribution in [2.75, 3.05) is 23.4 Å². The monoisotopic (exact) mass is 384 g/mol. The number of ether oxygens (including phenoxy) is 1. The molecule has 3 rings (SSSR count). The number of hydrogen-bond donors (Lipinski definition) is 1. The number of anilines is 2. The van der Waals surface area contributed by atoms with Gasteiger partial charge >= 0.3 is 0 Å². The van der Waals surface area contributed by atoms with E-state index in [1.165, 1.54) is 4.90 Å². The normalized spacial score (nSPS) is 13.3. The predicted molar refractivity (Wildman–Crippen MR) is 94.4 cm³/mol. The molecule has 0 spiro atoms. The zero-order valence-corrected chi connectivity index (χ0v) is 14.5. The van der Waals surface area contributed by atoms with Crippen LogP contribution in [0.1, 0.15) is 0 Å². The molecule has 5 nitrogen and oxygen atoms in total. The fourth-order valence-electron chi connectivity index (χ4n) is 2.32. The number of halogens is 3. The molecule has 0 atom stereocenters. The van der Waals surface area contributed by atoms with E-state index in [2.05, 4.69) is 5.32 Å². The SMILES string of the molecule is O=C(CN1C(=O)COc2ccc(Cl)cc21)Nc1cc(Cl)cc(Cl)c1. The van der Waals surface area contributed by atoms with Crippen LogP contribution in [0.3, 0.4) is 0 Å². The Morgan fingerprint density at radius 1 is 1.08 bits per heavy atom. The molecule has 0 bridgehead atoms. The van der Waals surface area contributed by atoms with Crippen molar-refractivity contribution in [3.8, 4) is 5.75 Å². The standard InChI is InChI=1S/C16H11Cl3N2O3/c17-9-1-2-14-13(6-9)21(16(23)8-24-14)7-15(22)20-12-4-10(18)3-11(19)5-12/h1-6H,7-8H2,(H,20,22). The summed E-state index contributed by atoms with van der Waals surface area (Å²) >= 11 is 17.8. The number of nitrogens with zero attached hydrogens (tertiary/aromatic N) is 1. The molecule has 0 unspecified atom stereocenters. The van der Waals surface area contributed by atoms with Gasteiger partial charge in [-0.05, 0) is 36.4 Å². The molecule has 0 saturated carbocycles. The quantitative estimate of drug-likeness (QED) is 0.868. The average Bonchev–Trinajstić information content (AvgIpc) is 2.49. The molecule has 1 aliphatic rings. The third kappa shape index (κ3) is 3.75. The van der Waals surface area contributed by atoms with E-state index in [0.717, 1.165) is 0 Å². The van der Waals surface area contributed by atoms with Gasteiger partial charge in [-0.25, -0.2) is 0 Å². The first-order valence-corrected chi connectivity index (χ1v) is 8.04. The summed E-state index contributed by atoms with van der Waals surface area (Å²) in [7, 11) is 0. The second-order valence-corrected chi connectivity index (χ2v) is 6.40. The summed E-state index contributed by atoms with van der Waals surface area (Å²) < 4.78 is 5.34. The first-order chi connectivity index (χ1) is 11.4. The maximum Gasteiger partial charge on any atom is 0.265 e. The van der Waals surface area contributed by atoms with Crippen LogP contribution in [-0.2, 0) is 9.59 Å². The Labute approximate surface area is 153 Å². The van der Waals surface area contributed by atoms with Crippen LogP contribution in [-0.4, -0.2) is 25.0 Å². The lowest BCUT2D eigenvalue weighted by Gasteiger charge is -2.29. The summed E-state index contributed by atoms with van der Waals surface area (Å²) in [5, 5.41) is 3.91. The lowest BCUT2D eigenvalue weighted by atomic mass is 10.2. The lowest BCUT2D eigenvalue weighted by Crippen LogP contribution is -2.43. The van der Waals surface area contributed by atoms with Crippen molar-refractivity contribution in [3.05, 3.63) is 51.5 Å². The van der Waals surface area contributed by atoms with Gasteiger partial charge in [-0.1, -0.05) is 34.8 Å². The summed E-state index contributed by atoms with van der Waals surface area (Å²) in [5.41, 5.74) is 0.905. The first kappa shape index (κ1) is 16.9. The van der Waals surface area contributed by atoms with Crippen LogP contribution in [0.25, 0.3) is 0 Å². The van der Waals surface area contributed by atoms with Crippen LogP contribution in [0.15, 0.2) is 36.4 Å². The zero-order valence-electron chi connectivity index (χ0n) is 12.2. The second-order valence-electron chi connectivity index (χ2n) is 5.09. The van der Waals surface area contributed by atoms with Gasteiger partial charge in [0.1, 0.15) is 12.3 Å². The topological polar surface area (TPSA) is 58.6 Å². The Morgan fingerprint density at radius 2 is 1.79 bits per heavy atom. The molecule has 1 heterocycles. The first-order valence-electron chi connectivity index (χ1n) is 6.91. The molecule has 0 fully saturated rings. The number of rotatable bonds is 3. The molecule has 0 radical (unpaired) electrons. The van der Waals surface area contributed by atoms with Crippen LogP contribution in [0.2, 0.25) is 15.1 Å². The molecule has 0 aromatic heterocycles. The highest BCUT2D eigenvalue weighted by atomic mass is 35.5. The van der Waals surface area contributed by atoms with E-state index in [1.807, 2.05) is 0 Å². The van der Waals surface area contributed by atoms with E-state index in [4.69, 9.17) is 39.5 Å². The molecular formula is C16H11Cl3N2O3. The van der Waals surface area contributed by atoms with E-state index < -0.39 is 5.91 Å². The smallest absolute Gasteiger partial charge is 0.265 e. The van der Waals surface area contributed by atoms with Crippen molar-refractivity contribution in [2.45, 2.75) is 0 Å². The van der Waals surface area contributed by atoms with Crippen LogP contribution in [0.4, 0.5) is 11.4 Å². The summed E-state index contributed by atoms with van der Waals surface area (Å²) in [6.07, 6.45) is 0. The van der Waals surface area contributed by atoms with Crippen molar-refractivity contribution in [2.24, 2.45) is 0 Å². The minimum atomic E-state index is -0.394.